The second-order valence-corrected chi connectivity index (χ2v) is 6.85. The summed E-state index contributed by atoms with van der Waals surface area (Å²) in [5.74, 6) is 1.92. The maximum atomic E-state index is 5.37. The summed E-state index contributed by atoms with van der Waals surface area (Å²) in [6, 6.07) is 20.4. The van der Waals surface area contributed by atoms with Gasteiger partial charge in [-0.1, -0.05) is 77.6 Å². The molecule has 4 rings (SSSR count). The highest BCUT2D eigenvalue weighted by atomic mass is 32.2. The molecular formula is C20H18N4OS. The molecule has 0 unspecified atom stereocenters. The fraction of sp³-hybridized carbons (Fsp3) is 0.150. The van der Waals surface area contributed by atoms with Crippen molar-refractivity contribution in [3.8, 4) is 11.3 Å². The van der Waals surface area contributed by atoms with Crippen LogP contribution in [-0.2, 0) is 19.2 Å². The van der Waals surface area contributed by atoms with E-state index in [9.17, 15) is 0 Å². The third-order valence-corrected chi connectivity index (χ3v) is 5.08. The molecular weight excluding hydrogens is 344 g/mol. The highest BCUT2D eigenvalue weighted by molar-refractivity contribution is 7.98. The van der Waals surface area contributed by atoms with Crippen LogP contribution in [0.3, 0.4) is 0 Å². The van der Waals surface area contributed by atoms with Gasteiger partial charge in [-0.2, -0.15) is 4.98 Å². The van der Waals surface area contributed by atoms with Crippen LogP contribution in [-0.4, -0.2) is 19.7 Å². The van der Waals surface area contributed by atoms with Gasteiger partial charge < -0.3 is 9.09 Å². The van der Waals surface area contributed by atoms with Crippen molar-refractivity contribution in [1.29, 1.82) is 0 Å². The van der Waals surface area contributed by atoms with E-state index in [4.69, 9.17) is 4.52 Å². The largest absolute Gasteiger partial charge is 0.338 e. The summed E-state index contributed by atoms with van der Waals surface area (Å²) in [5, 5.41) is 5.00. The molecule has 0 saturated heterocycles. The smallest absolute Gasteiger partial charge is 0.237 e. The first kappa shape index (κ1) is 16.6. The minimum absolute atomic E-state index is 0.598. The van der Waals surface area contributed by atoms with E-state index < -0.39 is 0 Å². The van der Waals surface area contributed by atoms with Gasteiger partial charge in [-0.3, -0.25) is 0 Å². The Bertz CT molecular complexity index is 979. The molecule has 0 radical (unpaired) electrons. The minimum Gasteiger partial charge on any atom is -0.338 e. The van der Waals surface area contributed by atoms with E-state index in [0.29, 0.717) is 23.9 Å². The van der Waals surface area contributed by atoms with Crippen molar-refractivity contribution in [3.05, 3.63) is 84.1 Å². The first-order valence-corrected chi connectivity index (χ1v) is 9.33. The average Bonchev–Trinajstić information content (AvgIpc) is 3.28. The van der Waals surface area contributed by atoms with Crippen LogP contribution < -0.4 is 0 Å². The molecule has 0 N–H and O–H groups in total. The molecule has 5 nitrogen and oxygen atoms in total. The quantitative estimate of drug-likeness (QED) is 0.477. The fourth-order valence-corrected chi connectivity index (χ4v) is 3.52. The summed E-state index contributed by atoms with van der Waals surface area (Å²) >= 11 is 1.59. The lowest BCUT2D eigenvalue weighted by atomic mass is 10.1. The molecule has 2 heterocycles. The van der Waals surface area contributed by atoms with Crippen LogP contribution in [0.2, 0.25) is 0 Å². The fourth-order valence-electron chi connectivity index (χ4n) is 2.73. The van der Waals surface area contributed by atoms with E-state index in [1.165, 1.54) is 5.56 Å². The highest BCUT2D eigenvalue weighted by Gasteiger charge is 2.12. The van der Waals surface area contributed by atoms with E-state index in [1.807, 2.05) is 49.6 Å². The summed E-state index contributed by atoms with van der Waals surface area (Å²) in [6.07, 6.45) is 2.57. The van der Waals surface area contributed by atoms with Crippen molar-refractivity contribution >= 4 is 11.8 Å². The van der Waals surface area contributed by atoms with Gasteiger partial charge in [0.25, 0.3) is 0 Å². The van der Waals surface area contributed by atoms with Crippen LogP contribution in [0.1, 0.15) is 17.3 Å². The van der Waals surface area contributed by atoms with Gasteiger partial charge in [0, 0.05) is 13.5 Å². The number of imidazole rings is 1. The van der Waals surface area contributed by atoms with Gasteiger partial charge >= 0.3 is 0 Å². The van der Waals surface area contributed by atoms with Crippen molar-refractivity contribution in [2.45, 2.75) is 17.3 Å². The zero-order valence-electron chi connectivity index (χ0n) is 14.4. The Balaban J connectivity index is 1.41. The van der Waals surface area contributed by atoms with Crippen LogP contribution in [0.15, 0.2) is 76.5 Å². The van der Waals surface area contributed by atoms with E-state index in [2.05, 4.69) is 44.0 Å². The molecule has 0 saturated carbocycles. The molecule has 6 heteroatoms. The van der Waals surface area contributed by atoms with Gasteiger partial charge in [-0.15, -0.1) is 0 Å². The normalized spacial score (nSPS) is 11.0. The van der Waals surface area contributed by atoms with Crippen molar-refractivity contribution < 1.29 is 4.52 Å². The van der Waals surface area contributed by atoms with Gasteiger partial charge in [-0.05, 0) is 11.1 Å². The van der Waals surface area contributed by atoms with Gasteiger partial charge in [0.1, 0.15) is 0 Å². The lowest BCUT2D eigenvalue weighted by molar-refractivity contribution is 0.385. The van der Waals surface area contributed by atoms with Crippen molar-refractivity contribution in [2.24, 2.45) is 7.05 Å². The molecule has 0 aliphatic heterocycles. The molecule has 130 valence electrons. The van der Waals surface area contributed by atoms with Crippen LogP contribution >= 0.6 is 11.8 Å². The maximum Gasteiger partial charge on any atom is 0.237 e. The predicted molar refractivity (Wildman–Crippen MR) is 102 cm³/mol. The Morgan fingerprint density at radius 3 is 2.50 bits per heavy atom. The van der Waals surface area contributed by atoms with Crippen molar-refractivity contribution in [3.63, 3.8) is 0 Å². The number of nitrogens with zero attached hydrogens (tertiary/aromatic N) is 4. The standard InChI is InChI=1S/C20H18N4OS/c1-24-17(16-10-6-3-7-11-16)13-21-20(24)26-14-19-22-18(23-25-19)12-15-8-4-2-5-9-15/h2-11,13H,12,14H2,1H3. The third kappa shape index (κ3) is 3.70. The molecule has 0 aliphatic carbocycles. The van der Waals surface area contributed by atoms with Gasteiger partial charge in [0.05, 0.1) is 17.6 Å². The van der Waals surface area contributed by atoms with Crippen LogP contribution in [0.5, 0.6) is 0 Å². The van der Waals surface area contributed by atoms with Gasteiger partial charge in [0.2, 0.25) is 5.89 Å². The Morgan fingerprint density at radius 1 is 1.00 bits per heavy atom. The summed E-state index contributed by atoms with van der Waals surface area (Å²) in [4.78, 5) is 9.00. The second kappa shape index (κ2) is 7.58. The van der Waals surface area contributed by atoms with Gasteiger partial charge in [-0.25, -0.2) is 4.98 Å². The molecule has 0 spiro atoms. The zero-order chi connectivity index (χ0) is 17.8. The van der Waals surface area contributed by atoms with E-state index >= 15 is 0 Å². The molecule has 0 bridgehead atoms. The summed E-state index contributed by atoms with van der Waals surface area (Å²) in [7, 11) is 2.02. The summed E-state index contributed by atoms with van der Waals surface area (Å²) in [6.45, 7) is 0. The van der Waals surface area contributed by atoms with E-state index in [0.717, 1.165) is 16.4 Å². The lowest BCUT2D eigenvalue weighted by Gasteiger charge is -2.04. The maximum absolute atomic E-state index is 5.37. The Kier molecular flexibility index (Phi) is 4.84. The average molecular weight is 362 g/mol. The predicted octanol–water partition coefficient (Wildman–Crippen LogP) is 4.35. The molecule has 26 heavy (non-hydrogen) atoms. The SMILES string of the molecule is Cn1c(-c2ccccc2)cnc1SCc1nc(Cc2ccccc2)no1. The van der Waals surface area contributed by atoms with Crippen molar-refractivity contribution in [1.82, 2.24) is 19.7 Å². The molecule has 2 aromatic heterocycles. The zero-order valence-corrected chi connectivity index (χ0v) is 15.2. The Morgan fingerprint density at radius 2 is 1.73 bits per heavy atom. The molecule has 2 aromatic carbocycles. The number of thioether (sulfide) groups is 1. The Hall–Kier alpha value is -2.86. The van der Waals surface area contributed by atoms with Crippen molar-refractivity contribution in [2.75, 3.05) is 0 Å². The number of benzene rings is 2. The molecule has 0 aliphatic rings. The molecule has 0 fully saturated rings. The Labute approximate surface area is 156 Å². The number of aromatic nitrogens is 4. The van der Waals surface area contributed by atoms with Crippen LogP contribution in [0, 0.1) is 0 Å². The third-order valence-electron chi connectivity index (χ3n) is 4.06. The van der Waals surface area contributed by atoms with Crippen LogP contribution in [0.25, 0.3) is 11.3 Å². The first-order valence-electron chi connectivity index (χ1n) is 8.35. The molecule has 0 amide bonds. The topological polar surface area (TPSA) is 56.7 Å². The monoisotopic (exact) mass is 362 g/mol. The number of hydrogen-bond acceptors (Lipinski definition) is 5. The molecule has 0 atom stereocenters. The minimum atomic E-state index is 0.598. The first-order chi connectivity index (χ1) is 12.8. The summed E-state index contributed by atoms with van der Waals surface area (Å²) < 4.78 is 7.46. The highest BCUT2D eigenvalue weighted by Crippen LogP contribution is 2.26. The summed E-state index contributed by atoms with van der Waals surface area (Å²) in [5.41, 5.74) is 3.41. The van der Waals surface area contributed by atoms with Crippen LogP contribution in [0.4, 0.5) is 0 Å². The van der Waals surface area contributed by atoms with E-state index in [-0.39, 0.29) is 0 Å². The lowest BCUT2D eigenvalue weighted by Crippen LogP contribution is -1.95. The second-order valence-electron chi connectivity index (χ2n) is 5.91. The number of hydrogen-bond donors (Lipinski definition) is 0. The number of rotatable bonds is 6. The molecule has 4 aromatic rings. The van der Waals surface area contributed by atoms with E-state index in [1.54, 1.807) is 11.8 Å². The van der Waals surface area contributed by atoms with Gasteiger partial charge in [0.15, 0.2) is 11.0 Å².